The molecule has 0 saturated heterocycles. The van der Waals surface area contributed by atoms with Crippen LogP contribution in [0.1, 0.15) is 59.8 Å². The monoisotopic (exact) mass is 250 g/mol. The highest BCUT2D eigenvalue weighted by Gasteiger charge is 2.67. The third kappa shape index (κ3) is 1.25. The van der Waals surface area contributed by atoms with Crippen LogP contribution < -0.4 is 0 Å². The molecule has 3 aliphatic rings. The van der Waals surface area contributed by atoms with Gasteiger partial charge >= 0.3 is 0 Å². The Bertz CT molecular complexity index is 400. The average molecular weight is 250 g/mol. The molecule has 1 N–H and O–H groups in total. The van der Waals surface area contributed by atoms with Crippen molar-refractivity contribution in [1.82, 2.24) is 0 Å². The minimum absolute atomic E-state index is 0.0390. The lowest BCUT2D eigenvalue weighted by atomic mass is 9.37. The quantitative estimate of drug-likeness (QED) is 0.717. The largest absolute Gasteiger partial charge is 0.393 e. The maximum Gasteiger partial charge on any atom is 0.139 e. The molecule has 0 bridgehead atoms. The minimum atomic E-state index is -0.215. The molecule has 0 aliphatic heterocycles. The first-order valence-corrected chi connectivity index (χ1v) is 7.44. The first-order valence-electron chi connectivity index (χ1n) is 7.44. The van der Waals surface area contributed by atoms with E-state index < -0.39 is 0 Å². The predicted molar refractivity (Wildman–Crippen MR) is 71.1 cm³/mol. The van der Waals surface area contributed by atoms with Crippen LogP contribution in [0, 0.1) is 28.1 Å². The van der Waals surface area contributed by atoms with Gasteiger partial charge in [0, 0.05) is 17.3 Å². The Morgan fingerprint density at radius 3 is 2.33 bits per heavy atom. The van der Waals surface area contributed by atoms with Gasteiger partial charge in [0.1, 0.15) is 5.78 Å². The van der Waals surface area contributed by atoms with Crippen molar-refractivity contribution in [2.24, 2.45) is 28.1 Å². The van der Waals surface area contributed by atoms with Crippen LogP contribution in [0.4, 0.5) is 0 Å². The second-order valence-electron chi connectivity index (χ2n) is 8.10. The Labute approximate surface area is 110 Å². The van der Waals surface area contributed by atoms with Gasteiger partial charge in [-0.25, -0.2) is 0 Å². The van der Waals surface area contributed by atoms with E-state index in [1.54, 1.807) is 0 Å². The van der Waals surface area contributed by atoms with Crippen molar-refractivity contribution in [1.29, 1.82) is 0 Å². The van der Waals surface area contributed by atoms with Crippen LogP contribution in [0.2, 0.25) is 0 Å². The van der Waals surface area contributed by atoms with Crippen LogP contribution in [0.25, 0.3) is 0 Å². The third-order valence-corrected chi connectivity index (χ3v) is 6.97. The summed E-state index contributed by atoms with van der Waals surface area (Å²) in [6.45, 7) is 9.10. The molecule has 5 atom stereocenters. The number of aliphatic hydroxyl groups excluding tert-OH is 1. The summed E-state index contributed by atoms with van der Waals surface area (Å²) >= 11 is 0. The zero-order valence-electron chi connectivity index (χ0n) is 12.1. The normalized spacial score (nSPS) is 54.3. The standard InChI is InChI=1S/C16H26O2/c1-14(2)7-6-12(17)16(4)10(14)5-8-15(3)11(16)9-13(15)18/h10-12,17H,5-9H2,1-4H3/t10?,11-,12+,15-,16-/m1/s1. The molecule has 18 heavy (non-hydrogen) atoms. The molecule has 3 fully saturated rings. The Balaban J connectivity index is 2.02. The van der Waals surface area contributed by atoms with Crippen molar-refractivity contribution in [3.05, 3.63) is 0 Å². The van der Waals surface area contributed by atoms with Crippen LogP contribution in [-0.4, -0.2) is 17.0 Å². The molecule has 0 radical (unpaired) electrons. The molecule has 3 aliphatic carbocycles. The lowest BCUT2D eigenvalue weighted by Crippen LogP contribution is -2.67. The van der Waals surface area contributed by atoms with Crippen LogP contribution in [0.15, 0.2) is 0 Å². The molecule has 0 aromatic carbocycles. The number of Topliss-reactive ketones (excluding diaryl/α,β-unsaturated/α-hetero) is 1. The van der Waals surface area contributed by atoms with Crippen LogP contribution in [0.5, 0.6) is 0 Å². The highest BCUT2D eigenvalue weighted by molar-refractivity contribution is 5.91. The molecule has 3 saturated carbocycles. The van der Waals surface area contributed by atoms with Crippen LogP contribution >= 0.6 is 0 Å². The first-order chi connectivity index (χ1) is 8.23. The molecule has 0 aromatic heterocycles. The molecule has 0 amide bonds. The Kier molecular flexibility index (Phi) is 2.38. The maximum absolute atomic E-state index is 12.0. The van der Waals surface area contributed by atoms with Gasteiger partial charge in [-0.3, -0.25) is 4.79 Å². The summed E-state index contributed by atoms with van der Waals surface area (Å²) < 4.78 is 0. The minimum Gasteiger partial charge on any atom is -0.393 e. The molecule has 2 nitrogen and oxygen atoms in total. The molecule has 0 spiro atoms. The topological polar surface area (TPSA) is 37.3 Å². The first kappa shape index (κ1) is 12.7. The van der Waals surface area contributed by atoms with Gasteiger partial charge in [-0.1, -0.05) is 27.7 Å². The number of carbonyl (C=O) groups is 1. The van der Waals surface area contributed by atoms with Crippen molar-refractivity contribution in [2.75, 3.05) is 0 Å². The number of hydrogen-bond donors (Lipinski definition) is 1. The van der Waals surface area contributed by atoms with E-state index in [1.165, 1.54) is 0 Å². The number of hydrogen-bond acceptors (Lipinski definition) is 2. The van der Waals surface area contributed by atoms with E-state index in [0.29, 0.717) is 29.5 Å². The molecule has 3 rings (SSSR count). The Morgan fingerprint density at radius 2 is 1.72 bits per heavy atom. The summed E-state index contributed by atoms with van der Waals surface area (Å²) in [6.07, 6.45) is 4.66. The maximum atomic E-state index is 12.0. The molecule has 102 valence electrons. The fraction of sp³-hybridized carbons (Fsp3) is 0.938. The molecule has 0 heterocycles. The van der Waals surface area contributed by atoms with Crippen LogP contribution in [-0.2, 0) is 4.79 Å². The number of ketones is 1. The number of rotatable bonds is 0. The number of carbonyl (C=O) groups excluding carboxylic acids is 1. The van der Waals surface area contributed by atoms with Gasteiger partial charge in [-0.15, -0.1) is 0 Å². The van der Waals surface area contributed by atoms with E-state index in [1.807, 2.05) is 0 Å². The Morgan fingerprint density at radius 1 is 1.06 bits per heavy atom. The van der Waals surface area contributed by atoms with Gasteiger partial charge in [-0.2, -0.15) is 0 Å². The van der Waals surface area contributed by atoms with Crippen molar-refractivity contribution < 1.29 is 9.90 Å². The summed E-state index contributed by atoms with van der Waals surface area (Å²) in [5.41, 5.74) is 0.149. The predicted octanol–water partition coefficient (Wildman–Crippen LogP) is 3.18. The van der Waals surface area contributed by atoms with E-state index in [-0.39, 0.29) is 16.9 Å². The lowest BCUT2D eigenvalue weighted by molar-refractivity contribution is -0.215. The second kappa shape index (κ2) is 3.39. The smallest absolute Gasteiger partial charge is 0.139 e. The van der Waals surface area contributed by atoms with Crippen molar-refractivity contribution in [3.63, 3.8) is 0 Å². The van der Waals surface area contributed by atoms with E-state index in [2.05, 4.69) is 27.7 Å². The van der Waals surface area contributed by atoms with Crippen molar-refractivity contribution in [3.8, 4) is 0 Å². The third-order valence-electron chi connectivity index (χ3n) is 6.97. The summed E-state index contributed by atoms with van der Waals surface area (Å²) in [7, 11) is 0. The van der Waals surface area contributed by atoms with Gasteiger partial charge in [0.15, 0.2) is 0 Å². The number of aliphatic hydroxyl groups is 1. The molecular weight excluding hydrogens is 224 g/mol. The summed E-state index contributed by atoms with van der Waals surface area (Å²) in [4.78, 5) is 12.0. The average Bonchev–Trinajstić information content (AvgIpc) is 2.29. The fourth-order valence-corrected chi connectivity index (χ4v) is 5.62. The summed E-state index contributed by atoms with van der Waals surface area (Å²) in [6, 6.07) is 0. The van der Waals surface area contributed by atoms with E-state index in [4.69, 9.17) is 0 Å². The summed E-state index contributed by atoms with van der Waals surface area (Å²) in [5, 5.41) is 10.6. The SMILES string of the molecule is CC1(C)CC[C@H](O)[C@]2(C)C1CC[C@@]1(C)C(=O)C[C@@H]21. The molecular formula is C16H26O2. The molecule has 2 heteroatoms. The van der Waals surface area contributed by atoms with Gasteiger partial charge < -0.3 is 5.11 Å². The van der Waals surface area contributed by atoms with E-state index in [9.17, 15) is 9.90 Å². The molecule has 1 unspecified atom stereocenters. The lowest BCUT2D eigenvalue weighted by Gasteiger charge is -2.67. The highest BCUT2D eigenvalue weighted by atomic mass is 16.3. The van der Waals surface area contributed by atoms with Gasteiger partial charge in [0.25, 0.3) is 0 Å². The highest BCUT2D eigenvalue weighted by Crippen LogP contribution is 2.68. The van der Waals surface area contributed by atoms with Gasteiger partial charge in [0.2, 0.25) is 0 Å². The van der Waals surface area contributed by atoms with Gasteiger partial charge in [0.05, 0.1) is 6.10 Å². The van der Waals surface area contributed by atoms with Crippen molar-refractivity contribution >= 4 is 5.78 Å². The fourth-order valence-electron chi connectivity index (χ4n) is 5.62. The zero-order valence-corrected chi connectivity index (χ0v) is 12.1. The van der Waals surface area contributed by atoms with Crippen molar-refractivity contribution in [2.45, 2.75) is 65.9 Å². The Hall–Kier alpha value is -0.370. The summed E-state index contributed by atoms with van der Waals surface area (Å²) in [5.74, 6) is 1.41. The van der Waals surface area contributed by atoms with Gasteiger partial charge in [-0.05, 0) is 42.9 Å². The number of fused-ring (bicyclic) bond motifs is 3. The second-order valence-corrected chi connectivity index (χ2v) is 8.10. The zero-order chi connectivity index (χ0) is 13.3. The van der Waals surface area contributed by atoms with E-state index in [0.717, 1.165) is 25.7 Å². The van der Waals surface area contributed by atoms with Crippen LogP contribution in [0.3, 0.4) is 0 Å². The molecule has 0 aromatic rings. The van der Waals surface area contributed by atoms with E-state index >= 15 is 0 Å².